The predicted octanol–water partition coefficient (Wildman–Crippen LogP) is 3.67. The van der Waals surface area contributed by atoms with Gasteiger partial charge in [0.1, 0.15) is 0 Å². The molecule has 1 heterocycles. The van der Waals surface area contributed by atoms with Crippen LogP contribution in [0.5, 0.6) is 0 Å². The number of aromatic nitrogens is 1. The Morgan fingerprint density at radius 2 is 2.00 bits per heavy atom. The smallest absolute Gasteiger partial charge is 0.0900 e. The zero-order valence-corrected chi connectivity index (χ0v) is 11.9. The van der Waals surface area contributed by atoms with Gasteiger partial charge in [-0.25, -0.2) is 4.98 Å². The highest BCUT2D eigenvalue weighted by Crippen LogP contribution is 2.17. The average molecular weight is 240 g/mol. The number of hydrogen-bond acceptors (Lipinski definition) is 3. The maximum Gasteiger partial charge on any atom is 0.0900 e. The van der Waals surface area contributed by atoms with Gasteiger partial charge in [-0.2, -0.15) is 0 Å². The van der Waals surface area contributed by atoms with E-state index < -0.39 is 0 Å². The second kappa shape index (κ2) is 6.36. The van der Waals surface area contributed by atoms with Crippen LogP contribution < -0.4 is 5.32 Å². The van der Waals surface area contributed by atoms with Gasteiger partial charge in [-0.1, -0.05) is 20.3 Å². The van der Waals surface area contributed by atoms with Gasteiger partial charge in [-0.3, -0.25) is 0 Å². The Morgan fingerprint density at radius 3 is 2.50 bits per heavy atom. The van der Waals surface area contributed by atoms with Crippen molar-refractivity contribution in [3.8, 4) is 0 Å². The topological polar surface area (TPSA) is 24.9 Å². The lowest BCUT2D eigenvalue weighted by Gasteiger charge is -2.17. The van der Waals surface area contributed by atoms with Crippen LogP contribution in [0, 0.1) is 19.8 Å². The first kappa shape index (κ1) is 13.7. The standard InChI is InChI=1S/C13H24N2S/c1-6-9(2)7-10(3)14-8-13-11(4)15-12(5)16-13/h9-10,14H,6-8H2,1-5H3. The summed E-state index contributed by atoms with van der Waals surface area (Å²) >= 11 is 1.81. The van der Waals surface area contributed by atoms with E-state index in [9.17, 15) is 0 Å². The van der Waals surface area contributed by atoms with E-state index in [2.05, 4.69) is 44.9 Å². The Hall–Kier alpha value is -0.410. The first-order chi connectivity index (χ1) is 7.52. The van der Waals surface area contributed by atoms with Crippen LogP contribution in [0.15, 0.2) is 0 Å². The average Bonchev–Trinajstić information content (AvgIpc) is 2.54. The Bertz CT molecular complexity index is 320. The number of nitrogens with zero attached hydrogens (tertiary/aromatic N) is 1. The van der Waals surface area contributed by atoms with Gasteiger partial charge < -0.3 is 5.32 Å². The molecule has 0 fully saturated rings. The molecule has 0 saturated heterocycles. The summed E-state index contributed by atoms with van der Waals surface area (Å²) in [5.41, 5.74) is 1.19. The van der Waals surface area contributed by atoms with E-state index in [0.717, 1.165) is 12.5 Å². The molecule has 0 aliphatic rings. The summed E-state index contributed by atoms with van der Waals surface area (Å²) < 4.78 is 0. The van der Waals surface area contributed by atoms with Crippen molar-refractivity contribution in [3.05, 3.63) is 15.6 Å². The summed E-state index contributed by atoms with van der Waals surface area (Å²) in [6.45, 7) is 12.0. The summed E-state index contributed by atoms with van der Waals surface area (Å²) in [6, 6.07) is 0.594. The van der Waals surface area contributed by atoms with Crippen LogP contribution in [-0.2, 0) is 6.54 Å². The van der Waals surface area contributed by atoms with Gasteiger partial charge in [-0.05, 0) is 33.1 Å². The van der Waals surface area contributed by atoms with Crippen LogP contribution in [0.1, 0.15) is 49.2 Å². The lowest BCUT2D eigenvalue weighted by molar-refractivity contribution is 0.413. The van der Waals surface area contributed by atoms with Crippen molar-refractivity contribution in [2.75, 3.05) is 0 Å². The monoisotopic (exact) mass is 240 g/mol. The fourth-order valence-corrected chi connectivity index (χ4v) is 2.75. The second-order valence-corrected chi connectivity index (χ2v) is 6.06. The largest absolute Gasteiger partial charge is 0.309 e. The molecule has 92 valence electrons. The summed E-state index contributed by atoms with van der Waals surface area (Å²) in [7, 11) is 0. The molecule has 0 aliphatic heterocycles. The number of aryl methyl sites for hydroxylation is 2. The third-order valence-electron chi connectivity index (χ3n) is 3.06. The zero-order chi connectivity index (χ0) is 12.1. The zero-order valence-electron chi connectivity index (χ0n) is 11.1. The SMILES string of the molecule is CCC(C)CC(C)NCc1sc(C)nc1C. The molecule has 2 unspecified atom stereocenters. The van der Waals surface area contributed by atoms with Crippen molar-refractivity contribution in [3.63, 3.8) is 0 Å². The fourth-order valence-electron chi connectivity index (χ4n) is 1.86. The Labute approximate surface area is 103 Å². The molecule has 2 atom stereocenters. The third kappa shape index (κ3) is 4.22. The molecule has 0 aliphatic carbocycles. The highest BCUT2D eigenvalue weighted by atomic mass is 32.1. The molecular weight excluding hydrogens is 216 g/mol. The normalized spacial score (nSPS) is 15.1. The molecule has 16 heavy (non-hydrogen) atoms. The molecule has 0 saturated carbocycles. The van der Waals surface area contributed by atoms with E-state index in [0.29, 0.717) is 6.04 Å². The van der Waals surface area contributed by atoms with Crippen LogP contribution in [0.4, 0.5) is 0 Å². The Kier molecular flexibility index (Phi) is 5.42. The quantitative estimate of drug-likeness (QED) is 0.820. The van der Waals surface area contributed by atoms with Crippen molar-refractivity contribution in [1.29, 1.82) is 0 Å². The summed E-state index contributed by atoms with van der Waals surface area (Å²) in [4.78, 5) is 5.83. The van der Waals surface area contributed by atoms with Gasteiger partial charge >= 0.3 is 0 Å². The molecule has 0 bridgehead atoms. The van der Waals surface area contributed by atoms with Crippen LogP contribution in [0.25, 0.3) is 0 Å². The number of nitrogens with one attached hydrogen (secondary N) is 1. The van der Waals surface area contributed by atoms with Crippen molar-refractivity contribution < 1.29 is 0 Å². The van der Waals surface area contributed by atoms with Gasteiger partial charge in [-0.15, -0.1) is 11.3 Å². The molecule has 1 aromatic rings. The Morgan fingerprint density at radius 1 is 1.31 bits per heavy atom. The minimum atomic E-state index is 0.594. The third-order valence-corrected chi connectivity index (χ3v) is 4.14. The van der Waals surface area contributed by atoms with Crippen LogP contribution >= 0.6 is 11.3 Å². The molecule has 1 N–H and O–H groups in total. The fraction of sp³-hybridized carbons (Fsp3) is 0.769. The van der Waals surface area contributed by atoms with Crippen molar-refractivity contribution in [1.82, 2.24) is 10.3 Å². The van der Waals surface area contributed by atoms with E-state index in [1.165, 1.54) is 28.4 Å². The molecule has 0 amide bonds. The lowest BCUT2D eigenvalue weighted by atomic mass is 10.0. The van der Waals surface area contributed by atoms with Crippen LogP contribution in [0.2, 0.25) is 0 Å². The maximum absolute atomic E-state index is 4.44. The van der Waals surface area contributed by atoms with E-state index in [-0.39, 0.29) is 0 Å². The van der Waals surface area contributed by atoms with Gasteiger partial charge in [0, 0.05) is 17.5 Å². The first-order valence-corrected chi connectivity index (χ1v) is 7.00. The molecular formula is C13H24N2S. The van der Waals surface area contributed by atoms with Crippen molar-refractivity contribution >= 4 is 11.3 Å². The molecule has 1 aromatic heterocycles. The molecule has 2 nitrogen and oxygen atoms in total. The number of hydrogen-bond donors (Lipinski definition) is 1. The van der Waals surface area contributed by atoms with Crippen LogP contribution in [0.3, 0.4) is 0 Å². The van der Waals surface area contributed by atoms with Crippen molar-refractivity contribution in [2.45, 2.75) is 60.0 Å². The van der Waals surface area contributed by atoms with Gasteiger partial charge in [0.25, 0.3) is 0 Å². The van der Waals surface area contributed by atoms with E-state index in [1.54, 1.807) is 0 Å². The molecule has 1 rings (SSSR count). The van der Waals surface area contributed by atoms with Crippen LogP contribution in [-0.4, -0.2) is 11.0 Å². The van der Waals surface area contributed by atoms with Gasteiger partial charge in [0.05, 0.1) is 10.7 Å². The number of thiazole rings is 1. The summed E-state index contributed by atoms with van der Waals surface area (Å²) in [5.74, 6) is 0.812. The Balaban J connectivity index is 2.36. The molecule has 3 heteroatoms. The van der Waals surface area contributed by atoms with E-state index >= 15 is 0 Å². The van der Waals surface area contributed by atoms with Crippen molar-refractivity contribution in [2.24, 2.45) is 5.92 Å². The summed E-state index contributed by atoms with van der Waals surface area (Å²) in [6.07, 6.45) is 2.53. The molecule has 0 radical (unpaired) electrons. The van der Waals surface area contributed by atoms with Gasteiger partial charge in [0.2, 0.25) is 0 Å². The first-order valence-electron chi connectivity index (χ1n) is 6.19. The maximum atomic E-state index is 4.44. The highest BCUT2D eigenvalue weighted by molar-refractivity contribution is 7.11. The lowest BCUT2D eigenvalue weighted by Crippen LogP contribution is -2.27. The minimum absolute atomic E-state index is 0.594. The molecule has 0 spiro atoms. The van der Waals surface area contributed by atoms with E-state index in [4.69, 9.17) is 0 Å². The minimum Gasteiger partial charge on any atom is -0.309 e. The highest BCUT2D eigenvalue weighted by Gasteiger charge is 2.09. The number of rotatable bonds is 6. The predicted molar refractivity (Wildman–Crippen MR) is 72.0 cm³/mol. The molecule has 0 aromatic carbocycles. The van der Waals surface area contributed by atoms with Gasteiger partial charge in [0.15, 0.2) is 0 Å². The van der Waals surface area contributed by atoms with E-state index in [1.807, 2.05) is 11.3 Å². The summed E-state index contributed by atoms with van der Waals surface area (Å²) in [5, 5.41) is 4.76. The second-order valence-electron chi connectivity index (χ2n) is 4.77.